The van der Waals surface area contributed by atoms with Crippen LogP contribution < -0.4 is 5.32 Å². The lowest BCUT2D eigenvalue weighted by atomic mass is 9.99. The molecule has 1 fully saturated rings. The number of hydrogen-bond donors (Lipinski definition) is 6. The van der Waals surface area contributed by atoms with E-state index in [1.807, 2.05) is 6.08 Å². The summed E-state index contributed by atoms with van der Waals surface area (Å²) >= 11 is 0. The quantitative estimate of drug-likeness (QED) is 0.0195. The van der Waals surface area contributed by atoms with Crippen LogP contribution in [0, 0.1) is 0 Å². The Labute approximate surface area is 478 Å². The first kappa shape index (κ1) is 73.6. The molecule has 1 aliphatic rings. The molecule has 7 atom stereocenters. The number of ether oxygens (including phenoxy) is 3. The standard InChI is InChI=1S/C67H123NO10/c1-3-5-7-9-11-13-34-39-43-47-51-55-63(72)76-56-52-48-44-40-36-33-31-29-27-25-23-21-19-17-15-14-16-18-20-22-24-26-28-30-32-35-38-42-46-50-54-62(71)68-59(60(70)53-49-45-41-37-12-10-8-6-4-2)58-77-67-66(75)65(74)64(73)61(57-69)78-67/h9,11-12,15,17,37,49,53,59-61,64-67,69-70,73-75H,3-8,10,13-14,16,18-36,38-48,50-52,54-58H2,1-2H3,(H,68,71)/b11-9-,17-15-,37-12+,53-49+. The molecule has 0 aromatic carbocycles. The maximum absolute atomic E-state index is 13.0. The van der Waals surface area contributed by atoms with Gasteiger partial charge in [-0.3, -0.25) is 9.59 Å². The number of carbonyl (C=O) groups excluding carboxylic acids is 2. The van der Waals surface area contributed by atoms with Crippen molar-refractivity contribution >= 4 is 11.9 Å². The highest BCUT2D eigenvalue weighted by atomic mass is 16.7. The van der Waals surface area contributed by atoms with Crippen LogP contribution in [0.4, 0.5) is 0 Å². The van der Waals surface area contributed by atoms with E-state index >= 15 is 0 Å². The van der Waals surface area contributed by atoms with Crippen molar-refractivity contribution in [3.8, 4) is 0 Å². The fourth-order valence-corrected chi connectivity index (χ4v) is 10.1. The first-order chi connectivity index (χ1) is 38.2. The van der Waals surface area contributed by atoms with Gasteiger partial charge in [0.25, 0.3) is 0 Å². The molecular weight excluding hydrogens is 979 g/mol. The van der Waals surface area contributed by atoms with Crippen LogP contribution >= 0.6 is 0 Å². The molecule has 1 aliphatic heterocycles. The van der Waals surface area contributed by atoms with Gasteiger partial charge in [0.2, 0.25) is 5.91 Å². The number of nitrogens with one attached hydrogen (secondary N) is 1. The lowest BCUT2D eigenvalue weighted by molar-refractivity contribution is -0.302. The molecule has 0 saturated carbocycles. The molecule has 11 heteroatoms. The highest BCUT2D eigenvalue weighted by molar-refractivity contribution is 5.76. The van der Waals surface area contributed by atoms with Crippen molar-refractivity contribution in [3.63, 3.8) is 0 Å². The second kappa shape index (κ2) is 56.5. The first-order valence-electron chi connectivity index (χ1n) is 32.9. The molecule has 456 valence electrons. The van der Waals surface area contributed by atoms with Gasteiger partial charge in [-0.1, -0.05) is 249 Å². The van der Waals surface area contributed by atoms with Crippen LogP contribution in [0.5, 0.6) is 0 Å². The second-order valence-electron chi connectivity index (χ2n) is 22.8. The average Bonchev–Trinajstić information content (AvgIpc) is 3.45. The summed E-state index contributed by atoms with van der Waals surface area (Å²) in [6, 6.07) is -0.825. The lowest BCUT2D eigenvalue weighted by Crippen LogP contribution is -2.60. The van der Waals surface area contributed by atoms with E-state index in [0.29, 0.717) is 19.4 Å². The van der Waals surface area contributed by atoms with E-state index in [-0.39, 0.29) is 18.5 Å². The summed E-state index contributed by atoms with van der Waals surface area (Å²) in [5.41, 5.74) is 0. The van der Waals surface area contributed by atoms with Crippen LogP contribution in [0.3, 0.4) is 0 Å². The molecule has 1 saturated heterocycles. The molecule has 78 heavy (non-hydrogen) atoms. The third-order valence-electron chi connectivity index (χ3n) is 15.4. The van der Waals surface area contributed by atoms with Gasteiger partial charge in [0.15, 0.2) is 6.29 Å². The van der Waals surface area contributed by atoms with E-state index in [1.165, 1.54) is 218 Å². The smallest absolute Gasteiger partial charge is 0.305 e. The third kappa shape index (κ3) is 45.3. The molecule has 0 aromatic rings. The van der Waals surface area contributed by atoms with Gasteiger partial charge in [0.1, 0.15) is 24.4 Å². The Morgan fingerprint density at radius 2 is 0.846 bits per heavy atom. The predicted octanol–water partition coefficient (Wildman–Crippen LogP) is 16.0. The number of amides is 1. The van der Waals surface area contributed by atoms with Crippen molar-refractivity contribution in [1.29, 1.82) is 0 Å². The van der Waals surface area contributed by atoms with Gasteiger partial charge in [-0.15, -0.1) is 0 Å². The van der Waals surface area contributed by atoms with E-state index in [1.54, 1.807) is 6.08 Å². The molecule has 0 aliphatic carbocycles. The molecule has 7 unspecified atom stereocenters. The summed E-state index contributed by atoms with van der Waals surface area (Å²) in [5.74, 6) is -0.196. The van der Waals surface area contributed by atoms with Crippen molar-refractivity contribution in [2.75, 3.05) is 19.8 Å². The Morgan fingerprint density at radius 3 is 1.31 bits per heavy atom. The maximum atomic E-state index is 13.0. The highest BCUT2D eigenvalue weighted by Gasteiger charge is 2.44. The zero-order valence-corrected chi connectivity index (χ0v) is 50.4. The lowest BCUT2D eigenvalue weighted by Gasteiger charge is -2.40. The number of hydrogen-bond acceptors (Lipinski definition) is 10. The molecular formula is C67H123NO10. The van der Waals surface area contributed by atoms with Crippen molar-refractivity contribution in [2.24, 2.45) is 0 Å². The van der Waals surface area contributed by atoms with E-state index in [0.717, 1.165) is 57.8 Å². The first-order valence-corrected chi connectivity index (χ1v) is 32.9. The summed E-state index contributed by atoms with van der Waals surface area (Å²) < 4.78 is 16.7. The van der Waals surface area contributed by atoms with Crippen LogP contribution in [-0.4, -0.2) is 100 Å². The molecule has 0 radical (unpaired) electrons. The minimum Gasteiger partial charge on any atom is -0.466 e. The number of carbonyl (C=O) groups is 2. The van der Waals surface area contributed by atoms with Crippen LogP contribution in [0.1, 0.15) is 303 Å². The summed E-state index contributed by atoms with van der Waals surface area (Å²) in [6.07, 6.45) is 62.6. The molecule has 0 bridgehead atoms. The van der Waals surface area contributed by atoms with Crippen molar-refractivity contribution in [3.05, 3.63) is 48.6 Å². The molecule has 0 aromatic heterocycles. The minimum atomic E-state index is -1.58. The molecule has 1 rings (SSSR count). The number of rotatable bonds is 57. The van der Waals surface area contributed by atoms with Crippen LogP contribution in [0.2, 0.25) is 0 Å². The Balaban J connectivity index is 1.95. The largest absolute Gasteiger partial charge is 0.466 e. The van der Waals surface area contributed by atoms with Gasteiger partial charge in [-0.2, -0.15) is 0 Å². The number of aliphatic hydroxyl groups excluding tert-OH is 5. The highest BCUT2D eigenvalue weighted by Crippen LogP contribution is 2.23. The summed E-state index contributed by atoms with van der Waals surface area (Å²) in [7, 11) is 0. The van der Waals surface area contributed by atoms with Crippen LogP contribution in [-0.2, 0) is 23.8 Å². The molecule has 1 heterocycles. The van der Waals surface area contributed by atoms with Crippen molar-refractivity contribution in [1.82, 2.24) is 5.32 Å². The van der Waals surface area contributed by atoms with E-state index in [4.69, 9.17) is 14.2 Å². The Hall–Kier alpha value is -2.38. The second-order valence-corrected chi connectivity index (χ2v) is 22.8. The van der Waals surface area contributed by atoms with Crippen molar-refractivity contribution < 1.29 is 49.3 Å². The number of esters is 1. The maximum Gasteiger partial charge on any atom is 0.305 e. The number of aliphatic hydroxyl groups is 5. The Morgan fingerprint density at radius 1 is 0.462 bits per heavy atom. The zero-order chi connectivity index (χ0) is 56.6. The van der Waals surface area contributed by atoms with Gasteiger partial charge in [0, 0.05) is 12.8 Å². The van der Waals surface area contributed by atoms with Crippen molar-refractivity contribution in [2.45, 2.75) is 346 Å². The summed E-state index contributed by atoms with van der Waals surface area (Å²) in [6.45, 7) is 4.25. The normalized spacial score (nSPS) is 18.8. The third-order valence-corrected chi connectivity index (χ3v) is 15.4. The van der Waals surface area contributed by atoms with Gasteiger partial charge >= 0.3 is 5.97 Å². The SMILES string of the molecule is CCCC/C=C\CCCCCCCC(=O)OCCCCCCCCCCCCCC/C=C\CCCCCCCCCCCCCCCCC(=O)NC(COC1OC(CO)C(O)C(O)C1O)C(O)/C=C/CC/C=C/CCCCC. The van der Waals surface area contributed by atoms with Gasteiger partial charge < -0.3 is 45.1 Å². The summed E-state index contributed by atoms with van der Waals surface area (Å²) in [4.78, 5) is 25.0. The van der Waals surface area contributed by atoms with E-state index < -0.39 is 49.5 Å². The topological polar surface area (TPSA) is 175 Å². The monoisotopic (exact) mass is 1100 g/mol. The Kier molecular flexibility index (Phi) is 53.3. The summed E-state index contributed by atoms with van der Waals surface area (Å²) in [5, 5.41) is 54.2. The van der Waals surface area contributed by atoms with Crippen LogP contribution in [0.25, 0.3) is 0 Å². The van der Waals surface area contributed by atoms with Gasteiger partial charge in [-0.05, 0) is 89.9 Å². The minimum absolute atomic E-state index is 0.00296. The van der Waals surface area contributed by atoms with Crippen LogP contribution in [0.15, 0.2) is 48.6 Å². The fourth-order valence-electron chi connectivity index (χ4n) is 10.1. The van der Waals surface area contributed by atoms with E-state index in [9.17, 15) is 35.1 Å². The number of unbranched alkanes of at least 4 members (excludes halogenated alkanes) is 37. The van der Waals surface area contributed by atoms with Gasteiger partial charge in [-0.25, -0.2) is 0 Å². The van der Waals surface area contributed by atoms with Gasteiger partial charge in [0.05, 0.1) is 32.0 Å². The Bertz CT molecular complexity index is 1430. The zero-order valence-electron chi connectivity index (χ0n) is 50.4. The average molecular weight is 1100 g/mol. The molecule has 6 N–H and O–H groups in total. The molecule has 0 spiro atoms. The fraction of sp³-hybridized carbons (Fsp3) is 0.851. The van der Waals surface area contributed by atoms with E-state index in [2.05, 4.69) is 55.6 Å². The molecule has 11 nitrogen and oxygen atoms in total. The number of allylic oxidation sites excluding steroid dienone is 7. The molecule has 1 amide bonds. The predicted molar refractivity (Wildman–Crippen MR) is 324 cm³/mol.